The van der Waals surface area contributed by atoms with Crippen LogP contribution in [-0.4, -0.2) is 62.3 Å². The first kappa shape index (κ1) is 32.9. The maximum atomic E-state index is 2.41. The Balaban J connectivity index is 3.20. The summed E-state index contributed by atoms with van der Waals surface area (Å²) >= 11 is 0. The SMILES string of the molecule is CC[N+](C)(CC)CCCCCCCCCCCCCCCCCCCCC[N+](C)(CC)CC. The fraction of sp³-hybridized carbons (Fsp3) is 1.00. The minimum absolute atomic E-state index is 1.26. The number of quaternary nitrogens is 2. The Hall–Kier alpha value is -0.0800. The Labute approximate surface area is 212 Å². The van der Waals surface area contributed by atoms with Crippen molar-refractivity contribution in [1.82, 2.24) is 0 Å². The van der Waals surface area contributed by atoms with Gasteiger partial charge in [-0.05, 0) is 53.4 Å². The molecule has 0 bridgehead atoms. The molecule has 0 N–H and O–H groups in total. The zero-order valence-electron chi connectivity index (χ0n) is 24.6. The third kappa shape index (κ3) is 19.9. The van der Waals surface area contributed by atoms with Gasteiger partial charge in [0.2, 0.25) is 0 Å². The van der Waals surface area contributed by atoms with Gasteiger partial charge in [0.15, 0.2) is 0 Å². The molecular weight excluding hydrogens is 400 g/mol. The van der Waals surface area contributed by atoms with Gasteiger partial charge < -0.3 is 8.97 Å². The van der Waals surface area contributed by atoms with Gasteiger partial charge in [-0.1, -0.05) is 96.3 Å². The van der Waals surface area contributed by atoms with Gasteiger partial charge in [0, 0.05) is 0 Å². The Kier molecular flexibility index (Phi) is 22.3. The van der Waals surface area contributed by atoms with Crippen molar-refractivity contribution in [3.05, 3.63) is 0 Å². The average molecular weight is 469 g/mol. The predicted octanol–water partition coefficient (Wildman–Crippen LogP) is 9.37. The van der Waals surface area contributed by atoms with Crippen molar-refractivity contribution in [2.45, 2.75) is 150 Å². The third-order valence-electron chi connectivity index (χ3n) is 8.95. The summed E-state index contributed by atoms with van der Waals surface area (Å²) in [6, 6.07) is 0. The second-order valence-corrected chi connectivity index (χ2v) is 11.7. The number of nitrogens with zero attached hydrogens (tertiary/aromatic N) is 2. The van der Waals surface area contributed by atoms with E-state index < -0.39 is 0 Å². The number of hydrogen-bond acceptors (Lipinski definition) is 0. The fourth-order valence-corrected chi connectivity index (χ4v) is 5.07. The Bertz CT molecular complexity index is 348. The van der Waals surface area contributed by atoms with Crippen LogP contribution in [0.25, 0.3) is 0 Å². The molecule has 0 spiro atoms. The van der Waals surface area contributed by atoms with Gasteiger partial charge in [0.05, 0.1) is 53.4 Å². The highest BCUT2D eigenvalue weighted by atomic mass is 15.3. The minimum atomic E-state index is 1.26. The van der Waals surface area contributed by atoms with Crippen LogP contribution < -0.4 is 0 Å². The molecule has 0 saturated heterocycles. The molecule has 0 aromatic carbocycles. The normalized spacial score (nSPS) is 12.5. The molecule has 0 aromatic rings. The van der Waals surface area contributed by atoms with Gasteiger partial charge in [0.1, 0.15) is 0 Å². The summed E-state index contributed by atoms with van der Waals surface area (Å²) in [5.41, 5.74) is 0. The van der Waals surface area contributed by atoms with Crippen molar-refractivity contribution >= 4 is 0 Å². The molecule has 0 fully saturated rings. The van der Waals surface area contributed by atoms with Gasteiger partial charge in [-0.3, -0.25) is 0 Å². The molecule has 2 nitrogen and oxygen atoms in total. The number of unbranched alkanes of at least 4 members (excludes halogenated alkanes) is 18. The first-order valence-corrected chi connectivity index (χ1v) is 15.6. The topological polar surface area (TPSA) is 0 Å². The summed E-state index contributed by atoms with van der Waals surface area (Å²) in [4.78, 5) is 0. The molecule has 0 aliphatic heterocycles. The number of rotatable bonds is 26. The van der Waals surface area contributed by atoms with Gasteiger partial charge in [0.25, 0.3) is 0 Å². The molecule has 200 valence electrons. The van der Waals surface area contributed by atoms with Gasteiger partial charge in [-0.2, -0.15) is 0 Å². The first-order chi connectivity index (χ1) is 15.9. The summed E-state index contributed by atoms with van der Waals surface area (Å²) in [6.45, 7) is 17.2. The monoisotopic (exact) mass is 469 g/mol. The highest BCUT2D eigenvalue weighted by molar-refractivity contribution is 4.51. The third-order valence-corrected chi connectivity index (χ3v) is 8.95. The maximum absolute atomic E-state index is 2.41. The van der Waals surface area contributed by atoms with Crippen LogP contribution in [0.15, 0.2) is 0 Å². The maximum Gasteiger partial charge on any atom is 0.0784 e. The Morgan fingerprint density at radius 1 is 0.273 bits per heavy atom. The van der Waals surface area contributed by atoms with Crippen LogP contribution in [0.3, 0.4) is 0 Å². The molecule has 0 heterocycles. The minimum Gasteiger partial charge on any atom is -0.327 e. The lowest BCUT2D eigenvalue weighted by Gasteiger charge is -2.32. The lowest BCUT2D eigenvalue weighted by atomic mass is 10.0. The molecule has 0 atom stereocenters. The van der Waals surface area contributed by atoms with Crippen molar-refractivity contribution in [1.29, 1.82) is 0 Å². The lowest BCUT2D eigenvalue weighted by molar-refractivity contribution is -0.906. The Morgan fingerprint density at radius 3 is 0.576 bits per heavy atom. The van der Waals surface area contributed by atoms with Crippen molar-refractivity contribution < 1.29 is 8.97 Å². The molecule has 0 unspecified atom stereocenters. The second-order valence-electron chi connectivity index (χ2n) is 11.7. The quantitative estimate of drug-likeness (QED) is 0.0875. The van der Waals surface area contributed by atoms with Crippen LogP contribution in [0.2, 0.25) is 0 Å². The van der Waals surface area contributed by atoms with Crippen molar-refractivity contribution in [3.63, 3.8) is 0 Å². The van der Waals surface area contributed by atoms with Gasteiger partial charge in [-0.25, -0.2) is 0 Å². The molecule has 2 heteroatoms. The molecule has 0 aliphatic carbocycles. The van der Waals surface area contributed by atoms with Gasteiger partial charge >= 0.3 is 0 Å². The van der Waals surface area contributed by atoms with Crippen LogP contribution >= 0.6 is 0 Å². The van der Waals surface area contributed by atoms with Crippen LogP contribution in [0.1, 0.15) is 150 Å². The van der Waals surface area contributed by atoms with Crippen LogP contribution in [0, 0.1) is 0 Å². The van der Waals surface area contributed by atoms with E-state index in [9.17, 15) is 0 Å². The molecule has 0 rings (SSSR count). The van der Waals surface area contributed by atoms with E-state index in [0.717, 1.165) is 0 Å². The summed E-state index contributed by atoms with van der Waals surface area (Å²) in [7, 11) is 4.83. The van der Waals surface area contributed by atoms with E-state index in [1.54, 1.807) is 0 Å². The smallest absolute Gasteiger partial charge is 0.0784 e. The summed E-state index contributed by atoms with van der Waals surface area (Å²) < 4.78 is 2.52. The highest BCUT2D eigenvalue weighted by Crippen LogP contribution is 2.15. The zero-order chi connectivity index (χ0) is 24.7. The Morgan fingerprint density at radius 2 is 0.424 bits per heavy atom. The van der Waals surface area contributed by atoms with Crippen LogP contribution in [-0.2, 0) is 0 Å². The molecule has 0 aromatic heterocycles. The highest BCUT2D eigenvalue weighted by Gasteiger charge is 2.15. The van der Waals surface area contributed by atoms with E-state index in [1.807, 2.05) is 0 Å². The standard InChI is InChI=1S/C31H68N2/c1-7-32(5,8-2)30-28-26-24-22-20-18-16-14-12-11-13-15-17-19-21-23-25-27-29-31-33(6,9-3)10-4/h7-31H2,1-6H3/q+2. The molecule has 33 heavy (non-hydrogen) atoms. The van der Waals surface area contributed by atoms with Crippen LogP contribution in [0.5, 0.6) is 0 Å². The number of hydrogen-bond donors (Lipinski definition) is 0. The average Bonchev–Trinajstić information content (AvgIpc) is 2.84. The first-order valence-electron chi connectivity index (χ1n) is 15.6. The second kappa shape index (κ2) is 22.4. The fourth-order valence-electron chi connectivity index (χ4n) is 5.07. The van der Waals surface area contributed by atoms with E-state index in [-0.39, 0.29) is 0 Å². The molecule has 0 radical (unpaired) electrons. The van der Waals surface area contributed by atoms with Crippen molar-refractivity contribution in [2.75, 3.05) is 53.4 Å². The van der Waals surface area contributed by atoms with E-state index in [1.165, 1.54) is 170 Å². The van der Waals surface area contributed by atoms with E-state index >= 15 is 0 Å². The lowest BCUT2D eigenvalue weighted by Crippen LogP contribution is -2.44. The van der Waals surface area contributed by atoms with Crippen LogP contribution in [0.4, 0.5) is 0 Å². The zero-order valence-corrected chi connectivity index (χ0v) is 24.6. The summed E-state index contributed by atoms with van der Waals surface area (Å²) in [6.07, 6.45) is 27.9. The summed E-state index contributed by atoms with van der Waals surface area (Å²) in [5, 5.41) is 0. The molecule has 0 saturated carbocycles. The summed E-state index contributed by atoms with van der Waals surface area (Å²) in [5.74, 6) is 0. The van der Waals surface area contributed by atoms with E-state index in [4.69, 9.17) is 0 Å². The van der Waals surface area contributed by atoms with Crippen molar-refractivity contribution in [2.24, 2.45) is 0 Å². The molecule has 0 aliphatic rings. The van der Waals surface area contributed by atoms with E-state index in [2.05, 4.69) is 41.8 Å². The van der Waals surface area contributed by atoms with Crippen molar-refractivity contribution in [3.8, 4) is 0 Å². The molecule has 0 amide bonds. The van der Waals surface area contributed by atoms with Gasteiger partial charge in [-0.15, -0.1) is 0 Å². The predicted molar refractivity (Wildman–Crippen MR) is 152 cm³/mol. The van der Waals surface area contributed by atoms with E-state index in [0.29, 0.717) is 0 Å². The largest absolute Gasteiger partial charge is 0.327 e. The molecular formula is C31H68N2+2.